The molecule has 1 N–H and O–H groups in total. The third kappa shape index (κ3) is 4.22. The molecule has 20 heavy (non-hydrogen) atoms. The number of aromatic carboxylic acids is 1. The molecule has 0 aromatic heterocycles. The predicted octanol–water partition coefficient (Wildman–Crippen LogP) is 4.70. The monoisotopic (exact) mass is 272 g/mol. The van der Waals surface area contributed by atoms with Gasteiger partial charge in [-0.25, -0.2) is 4.79 Å². The quantitative estimate of drug-likeness (QED) is 0.762. The lowest BCUT2D eigenvalue weighted by Gasteiger charge is -2.27. The third-order valence-electron chi connectivity index (χ3n) is 4.51. The van der Waals surface area contributed by atoms with E-state index in [0.717, 1.165) is 18.3 Å². The van der Waals surface area contributed by atoms with Crippen molar-refractivity contribution < 1.29 is 9.90 Å². The van der Waals surface area contributed by atoms with Crippen LogP contribution in [0.4, 0.5) is 0 Å². The summed E-state index contributed by atoms with van der Waals surface area (Å²) in [5.74, 6) is 0.853. The van der Waals surface area contributed by atoms with Crippen molar-refractivity contribution in [2.45, 2.75) is 44.9 Å². The summed E-state index contributed by atoms with van der Waals surface area (Å²) in [7, 11) is 0. The minimum absolute atomic E-state index is 0.374. The zero-order valence-electron chi connectivity index (χ0n) is 12.1. The van der Waals surface area contributed by atoms with Gasteiger partial charge in [0.15, 0.2) is 0 Å². The summed E-state index contributed by atoms with van der Waals surface area (Å²) in [6, 6.07) is 7.32. The molecule has 0 saturated heterocycles. The van der Waals surface area contributed by atoms with E-state index in [4.69, 9.17) is 5.11 Å². The summed E-state index contributed by atoms with van der Waals surface area (Å²) in [5.41, 5.74) is 1.63. The Morgan fingerprint density at radius 2 is 1.75 bits per heavy atom. The summed E-state index contributed by atoms with van der Waals surface area (Å²) < 4.78 is 0. The van der Waals surface area contributed by atoms with E-state index < -0.39 is 5.97 Å². The van der Waals surface area contributed by atoms with E-state index in [1.807, 2.05) is 12.1 Å². The van der Waals surface area contributed by atoms with Crippen LogP contribution in [0.5, 0.6) is 0 Å². The Bertz CT molecular complexity index is 439. The first kappa shape index (κ1) is 14.8. The number of hydrogen-bond acceptors (Lipinski definition) is 1. The van der Waals surface area contributed by atoms with Crippen molar-refractivity contribution in [1.29, 1.82) is 0 Å². The van der Waals surface area contributed by atoms with E-state index in [0.29, 0.717) is 5.56 Å². The van der Waals surface area contributed by atoms with Crippen molar-refractivity contribution in [3.63, 3.8) is 0 Å². The van der Waals surface area contributed by atoms with Gasteiger partial charge in [-0.15, -0.1) is 6.58 Å². The Morgan fingerprint density at radius 3 is 2.30 bits per heavy atom. The lowest BCUT2D eigenvalue weighted by molar-refractivity contribution is 0.0697. The zero-order chi connectivity index (χ0) is 14.4. The molecule has 1 aliphatic rings. The maximum Gasteiger partial charge on any atom is 0.335 e. The van der Waals surface area contributed by atoms with Gasteiger partial charge in [-0.2, -0.15) is 0 Å². The van der Waals surface area contributed by atoms with Crippen molar-refractivity contribution in [1.82, 2.24) is 0 Å². The van der Waals surface area contributed by atoms with Crippen LogP contribution >= 0.6 is 0 Å². The van der Waals surface area contributed by atoms with Gasteiger partial charge in [0.2, 0.25) is 0 Å². The van der Waals surface area contributed by atoms with E-state index in [9.17, 15) is 4.79 Å². The molecular formula is C18H24O2. The zero-order valence-corrected chi connectivity index (χ0v) is 12.1. The maximum atomic E-state index is 10.8. The smallest absolute Gasteiger partial charge is 0.335 e. The highest BCUT2D eigenvalue weighted by Gasteiger charge is 2.19. The number of carboxylic acid groups (broad SMARTS) is 1. The number of carbonyl (C=O) groups is 1. The fourth-order valence-electron chi connectivity index (χ4n) is 3.18. The third-order valence-corrected chi connectivity index (χ3v) is 4.51. The minimum atomic E-state index is -0.850. The SMILES string of the molecule is C=CCC1CCC(CCc2ccc(C(=O)O)cc2)CC1. The predicted molar refractivity (Wildman–Crippen MR) is 82.0 cm³/mol. The van der Waals surface area contributed by atoms with Crippen LogP contribution in [0.2, 0.25) is 0 Å². The molecule has 0 atom stereocenters. The van der Waals surface area contributed by atoms with Gasteiger partial charge in [0.05, 0.1) is 5.56 Å². The molecule has 0 aliphatic heterocycles. The van der Waals surface area contributed by atoms with Crippen LogP contribution < -0.4 is 0 Å². The molecule has 0 heterocycles. The normalized spacial score (nSPS) is 22.4. The van der Waals surface area contributed by atoms with Gasteiger partial charge in [0.25, 0.3) is 0 Å². The van der Waals surface area contributed by atoms with E-state index >= 15 is 0 Å². The van der Waals surface area contributed by atoms with Crippen LogP contribution in [0.3, 0.4) is 0 Å². The summed E-state index contributed by atoms with van der Waals surface area (Å²) in [5, 5.41) is 8.87. The topological polar surface area (TPSA) is 37.3 Å². The van der Waals surface area contributed by atoms with Crippen LogP contribution in [0.15, 0.2) is 36.9 Å². The van der Waals surface area contributed by atoms with Crippen LogP contribution in [0, 0.1) is 11.8 Å². The van der Waals surface area contributed by atoms with Gasteiger partial charge in [-0.1, -0.05) is 31.1 Å². The fraction of sp³-hybridized carbons (Fsp3) is 0.500. The summed E-state index contributed by atoms with van der Waals surface area (Å²) in [6.45, 7) is 3.83. The van der Waals surface area contributed by atoms with Gasteiger partial charge < -0.3 is 5.11 Å². The molecule has 1 aliphatic carbocycles. The van der Waals surface area contributed by atoms with Gasteiger partial charge in [0, 0.05) is 0 Å². The lowest BCUT2D eigenvalue weighted by atomic mass is 9.78. The molecule has 1 aromatic carbocycles. The van der Waals surface area contributed by atoms with Crippen molar-refractivity contribution >= 4 is 5.97 Å². The summed E-state index contributed by atoms with van der Waals surface area (Å²) in [4.78, 5) is 10.8. The van der Waals surface area contributed by atoms with E-state index in [1.165, 1.54) is 44.1 Å². The average molecular weight is 272 g/mol. The van der Waals surface area contributed by atoms with Crippen molar-refractivity contribution in [2.75, 3.05) is 0 Å². The average Bonchev–Trinajstić information content (AvgIpc) is 2.47. The Hall–Kier alpha value is -1.57. The second-order valence-corrected chi connectivity index (χ2v) is 5.95. The van der Waals surface area contributed by atoms with Gasteiger partial charge in [0.1, 0.15) is 0 Å². The summed E-state index contributed by atoms with van der Waals surface area (Å²) in [6.07, 6.45) is 10.9. The van der Waals surface area contributed by atoms with Gasteiger partial charge in [-0.3, -0.25) is 0 Å². The van der Waals surface area contributed by atoms with Crippen molar-refractivity contribution in [3.05, 3.63) is 48.0 Å². The lowest BCUT2D eigenvalue weighted by Crippen LogP contribution is -2.14. The number of aryl methyl sites for hydroxylation is 1. The number of carboxylic acids is 1. The molecule has 0 amide bonds. The molecule has 0 spiro atoms. The fourth-order valence-corrected chi connectivity index (χ4v) is 3.18. The highest BCUT2D eigenvalue weighted by molar-refractivity contribution is 5.87. The molecule has 108 valence electrons. The molecule has 0 bridgehead atoms. The Morgan fingerprint density at radius 1 is 1.15 bits per heavy atom. The molecule has 0 unspecified atom stereocenters. The first-order valence-corrected chi connectivity index (χ1v) is 7.62. The largest absolute Gasteiger partial charge is 0.478 e. The van der Waals surface area contributed by atoms with Crippen molar-refractivity contribution in [3.8, 4) is 0 Å². The van der Waals surface area contributed by atoms with E-state index in [1.54, 1.807) is 12.1 Å². The molecule has 2 nitrogen and oxygen atoms in total. The van der Waals surface area contributed by atoms with Crippen molar-refractivity contribution in [2.24, 2.45) is 11.8 Å². The number of allylic oxidation sites excluding steroid dienone is 1. The second kappa shape index (κ2) is 7.28. The Kier molecular flexibility index (Phi) is 5.40. The molecule has 0 radical (unpaired) electrons. The van der Waals surface area contributed by atoms with Gasteiger partial charge in [-0.05, 0) is 61.6 Å². The van der Waals surface area contributed by atoms with Crippen LogP contribution in [0.25, 0.3) is 0 Å². The molecule has 2 heteroatoms. The van der Waals surface area contributed by atoms with Crippen LogP contribution in [-0.4, -0.2) is 11.1 Å². The maximum absolute atomic E-state index is 10.8. The first-order valence-electron chi connectivity index (χ1n) is 7.62. The van der Waals surface area contributed by atoms with Crippen LogP contribution in [0.1, 0.15) is 54.4 Å². The molecule has 1 saturated carbocycles. The first-order chi connectivity index (χ1) is 9.69. The summed E-state index contributed by atoms with van der Waals surface area (Å²) >= 11 is 0. The Balaban J connectivity index is 1.75. The molecule has 2 rings (SSSR count). The minimum Gasteiger partial charge on any atom is -0.478 e. The highest BCUT2D eigenvalue weighted by atomic mass is 16.4. The van der Waals surface area contributed by atoms with Gasteiger partial charge >= 0.3 is 5.97 Å². The second-order valence-electron chi connectivity index (χ2n) is 5.95. The number of rotatable bonds is 6. The number of hydrogen-bond donors (Lipinski definition) is 1. The molecule has 1 aromatic rings. The highest BCUT2D eigenvalue weighted by Crippen LogP contribution is 2.33. The van der Waals surface area contributed by atoms with E-state index in [-0.39, 0.29) is 0 Å². The molecular weight excluding hydrogens is 248 g/mol. The molecule has 1 fully saturated rings. The standard InChI is InChI=1S/C18H24O2/c1-2-3-14-4-6-15(7-5-14)8-9-16-10-12-17(13-11-16)18(19)20/h2,10-15H,1,3-9H2,(H,19,20). The Labute approximate surface area is 121 Å². The number of benzene rings is 1. The van der Waals surface area contributed by atoms with Crippen LogP contribution in [-0.2, 0) is 6.42 Å². The van der Waals surface area contributed by atoms with E-state index in [2.05, 4.69) is 12.7 Å².